The van der Waals surface area contributed by atoms with Crippen molar-refractivity contribution in [1.29, 1.82) is 0 Å². The van der Waals surface area contributed by atoms with Crippen molar-refractivity contribution < 1.29 is 0 Å². The fourth-order valence-electron chi connectivity index (χ4n) is 6.02. The Bertz CT molecular complexity index is 2510. The molecular formula is C40H24N6S. The molecule has 9 aromatic rings. The number of fused-ring (bicyclic) bond motifs is 4. The largest absolute Gasteiger partial charge is 0.254 e. The van der Waals surface area contributed by atoms with Crippen LogP contribution >= 0.6 is 11.3 Å². The Morgan fingerprint density at radius 3 is 1.70 bits per heavy atom. The molecule has 0 aliphatic heterocycles. The van der Waals surface area contributed by atoms with E-state index in [4.69, 9.17) is 24.9 Å². The van der Waals surface area contributed by atoms with Crippen LogP contribution in [0.25, 0.3) is 87.8 Å². The highest BCUT2D eigenvalue weighted by molar-refractivity contribution is 7.25. The van der Waals surface area contributed by atoms with Crippen molar-refractivity contribution in [2.75, 3.05) is 0 Å². The normalized spacial score (nSPS) is 11.4. The first-order valence-electron chi connectivity index (χ1n) is 15.3. The van der Waals surface area contributed by atoms with Crippen LogP contribution in [-0.2, 0) is 0 Å². The molecule has 0 saturated carbocycles. The third-order valence-electron chi connectivity index (χ3n) is 8.32. The number of rotatable bonds is 5. The van der Waals surface area contributed by atoms with Gasteiger partial charge in [-0.05, 0) is 35.4 Å². The number of thiophene rings is 1. The lowest BCUT2D eigenvalue weighted by atomic mass is 9.99. The summed E-state index contributed by atoms with van der Waals surface area (Å²) >= 11 is 1.78. The standard InChI is InChI=1S/C40H24N6S/c1-3-9-26(10-4-1)38-44-39(27-11-5-2-6-12-27)46-40(45-38)28-17-15-25(16-18-28)29-19-20-32-31(23-29)36(43-24-42-32)37-35-30-13-7-8-14-33(30)47-34(35)21-22-41-37/h1-24H. The summed E-state index contributed by atoms with van der Waals surface area (Å²) < 4.78 is 2.43. The van der Waals surface area contributed by atoms with Gasteiger partial charge in [0, 0.05) is 48.4 Å². The zero-order valence-electron chi connectivity index (χ0n) is 24.9. The Kier molecular flexibility index (Phi) is 6.54. The lowest BCUT2D eigenvalue weighted by Crippen LogP contribution is -2.00. The van der Waals surface area contributed by atoms with Crippen LogP contribution < -0.4 is 0 Å². The van der Waals surface area contributed by atoms with E-state index in [0.29, 0.717) is 17.5 Å². The number of benzene rings is 5. The van der Waals surface area contributed by atoms with E-state index in [1.54, 1.807) is 17.7 Å². The quantitative estimate of drug-likeness (QED) is 0.191. The molecule has 0 atom stereocenters. The van der Waals surface area contributed by atoms with E-state index in [0.717, 1.165) is 55.5 Å². The zero-order chi connectivity index (χ0) is 31.2. The minimum atomic E-state index is 0.626. The smallest absolute Gasteiger partial charge is 0.164 e. The van der Waals surface area contributed by atoms with Crippen LogP contribution in [0.15, 0.2) is 146 Å². The molecule has 0 spiro atoms. The van der Waals surface area contributed by atoms with Gasteiger partial charge in [0.05, 0.1) is 11.2 Å². The molecule has 0 unspecified atom stereocenters. The van der Waals surface area contributed by atoms with Crippen LogP contribution in [0.2, 0.25) is 0 Å². The van der Waals surface area contributed by atoms with Crippen LogP contribution in [-0.4, -0.2) is 29.9 Å². The molecule has 0 radical (unpaired) electrons. The monoisotopic (exact) mass is 620 g/mol. The van der Waals surface area contributed by atoms with Gasteiger partial charge < -0.3 is 0 Å². The van der Waals surface area contributed by atoms with Gasteiger partial charge in [-0.1, -0.05) is 109 Å². The topological polar surface area (TPSA) is 77.3 Å². The van der Waals surface area contributed by atoms with E-state index < -0.39 is 0 Å². The van der Waals surface area contributed by atoms with Crippen molar-refractivity contribution in [1.82, 2.24) is 29.9 Å². The predicted molar refractivity (Wildman–Crippen MR) is 191 cm³/mol. The number of aromatic nitrogens is 6. The number of hydrogen-bond donors (Lipinski definition) is 0. The van der Waals surface area contributed by atoms with Crippen LogP contribution in [0.5, 0.6) is 0 Å². The average Bonchev–Trinajstić information content (AvgIpc) is 3.54. The molecule has 5 aromatic carbocycles. The van der Waals surface area contributed by atoms with Gasteiger partial charge in [0.2, 0.25) is 0 Å². The fraction of sp³-hybridized carbons (Fsp3) is 0. The molecule has 0 aliphatic carbocycles. The van der Waals surface area contributed by atoms with E-state index in [-0.39, 0.29) is 0 Å². The van der Waals surface area contributed by atoms with Crippen molar-refractivity contribution in [3.05, 3.63) is 146 Å². The summed E-state index contributed by atoms with van der Waals surface area (Å²) in [6.45, 7) is 0. The molecule has 0 bridgehead atoms. The number of hydrogen-bond acceptors (Lipinski definition) is 7. The van der Waals surface area contributed by atoms with Gasteiger partial charge in [-0.15, -0.1) is 11.3 Å². The minimum absolute atomic E-state index is 0.626. The van der Waals surface area contributed by atoms with E-state index >= 15 is 0 Å². The van der Waals surface area contributed by atoms with E-state index in [9.17, 15) is 0 Å². The predicted octanol–water partition coefficient (Wildman–Crippen LogP) is 9.91. The fourth-order valence-corrected chi connectivity index (χ4v) is 7.13. The number of pyridine rings is 1. The lowest BCUT2D eigenvalue weighted by Gasteiger charge is -2.10. The van der Waals surface area contributed by atoms with Gasteiger partial charge in [-0.3, -0.25) is 4.98 Å². The minimum Gasteiger partial charge on any atom is -0.254 e. The Balaban J connectivity index is 1.13. The third-order valence-corrected chi connectivity index (χ3v) is 9.46. The highest BCUT2D eigenvalue weighted by Crippen LogP contribution is 2.40. The molecule has 0 saturated heterocycles. The average molecular weight is 621 g/mol. The highest BCUT2D eigenvalue weighted by atomic mass is 32.1. The summed E-state index contributed by atoms with van der Waals surface area (Å²) in [5, 5.41) is 3.28. The van der Waals surface area contributed by atoms with Crippen molar-refractivity contribution >= 4 is 42.4 Å². The maximum absolute atomic E-state index is 4.89. The van der Waals surface area contributed by atoms with Crippen LogP contribution in [0, 0.1) is 0 Å². The molecule has 0 fully saturated rings. The summed E-state index contributed by atoms with van der Waals surface area (Å²) in [7, 11) is 0. The molecule has 0 aliphatic rings. The molecule has 220 valence electrons. The summed E-state index contributed by atoms with van der Waals surface area (Å²) in [6, 6.07) is 45.3. The van der Waals surface area contributed by atoms with Gasteiger partial charge in [0.25, 0.3) is 0 Å². The highest BCUT2D eigenvalue weighted by Gasteiger charge is 2.17. The first kappa shape index (κ1) is 27.2. The molecule has 0 N–H and O–H groups in total. The van der Waals surface area contributed by atoms with E-state index in [2.05, 4.69) is 77.8 Å². The molecule has 4 heterocycles. The van der Waals surface area contributed by atoms with E-state index in [1.165, 1.54) is 14.8 Å². The summed E-state index contributed by atoms with van der Waals surface area (Å²) in [5.41, 5.74) is 7.51. The van der Waals surface area contributed by atoms with E-state index in [1.807, 2.05) is 66.9 Å². The van der Waals surface area contributed by atoms with Gasteiger partial charge >= 0.3 is 0 Å². The maximum atomic E-state index is 4.89. The SMILES string of the molecule is c1ccc(-c2nc(-c3ccccc3)nc(-c3ccc(-c4ccc5ncnc(-c6nccc7sc8ccccc8c67)c5c4)cc3)n2)cc1. The molecule has 7 heteroatoms. The molecule has 6 nitrogen and oxygen atoms in total. The molecule has 47 heavy (non-hydrogen) atoms. The van der Waals surface area contributed by atoms with Crippen LogP contribution in [0.4, 0.5) is 0 Å². The van der Waals surface area contributed by atoms with Gasteiger partial charge in [-0.2, -0.15) is 0 Å². The second-order valence-electron chi connectivity index (χ2n) is 11.2. The first-order valence-corrected chi connectivity index (χ1v) is 16.1. The Morgan fingerprint density at radius 1 is 0.404 bits per heavy atom. The molecule has 4 aromatic heterocycles. The maximum Gasteiger partial charge on any atom is 0.164 e. The van der Waals surface area contributed by atoms with Gasteiger partial charge in [0.15, 0.2) is 17.5 Å². The summed E-state index contributed by atoms with van der Waals surface area (Å²) in [6.07, 6.45) is 3.50. The third kappa shape index (κ3) is 4.90. The zero-order valence-corrected chi connectivity index (χ0v) is 25.8. The Labute approximate surface area is 274 Å². The lowest BCUT2D eigenvalue weighted by molar-refractivity contribution is 1.07. The summed E-state index contributed by atoms with van der Waals surface area (Å²) in [5.74, 6) is 1.91. The molecule has 9 rings (SSSR count). The first-order chi connectivity index (χ1) is 23.3. The molecular weight excluding hydrogens is 597 g/mol. The van der Waals surface area contributed by atoms with Crippen LogP contribution in [0.3, 0.4) is 0 Å². The van der Waals surface area contributed by atoms with Crippen molar-refractivity contribution in [3.8, 4) is 56.7 Å². The second-order valence-corrected chi connectivity index (χ2v) is 12.3. The second kappa shape index (κ2) is 11.3. The molecule has 0 amide bonds. The van der Waals surface area contributed by atoms with Gasteiger partial charge in [0.1, 0.15) is 12.0 Å². The van der Waals surface area contributed by atoms with Crippen LogP contribution in [0.1, 0.15) is 0 Å². The number of nitrogens with zero attached hydrogens (tertiary/aromatic N) is 6. The summed E-state index contributed by atoms with van der Waals surface area (Å²) in [4.78, 5) is 28.8. The van der Waals surface area contributed by atoms with Crippen molar-refractivity contribution in [3.63, 3.8) is 0 Å². The van der Waals surface area contributed by atoms with Crippen molar-refractivity contribution in [2.45, 2.75) is 0 Å². The Hall–Kier alpha value is -6.18. The van der Waals surface area contributed by atoms with Crippen molar-refractivity contribution in [2.24, 2.45) is 0 Å². The van der Waals surface area contributed by atoms with Gasteiger partial charge in [-0.25, -0.2) is 24.9 Å². The Morgan fingerprint density at radius 2 is 1.00 bits per heavy atom.